The fourth-order valence-electron chi connectivity index (χ4n) is 3.80. The highest BCUT2D eigenvalue weighted by Gasteiger charge is 2.39. The van der Waals surface area contributed by atoms with Gasteiger partial charge >= 0.3 is 5.97 Å². The van der Waals surface area contributed by atoms with Gasteiger partial charge in [-0.2, -0.15) is 0 Å². The van der Waals surface area contributed by atoms with Crippen LogP contribution in [0.4, 0.5) is 17.1 Å². The minimum atomic E-state index is -0.734. The molecule has 38 heavy (non-hydrogen) atoms. The van der Waals surface area contributed by atoms with Gasteiger partial charge in [0.2, 0.25) is 0 Å². The van der Waals surface area contributed by atoms with E-state index in [1.165, 1.54) is 18.2 Å². The Morgan fingerprint density at radius 3 is 2.34 bits per heavy atom. The molecule has 0 fully saturated rings. The molecule has 0 spiro atoms. The van der Waals surface area contributed by atoms with Gasteiger partial charge in [0.1, 0.15) is 10.7 Å². The third-order valence-electron chi connectivity index (χ3n) is 5.96. The summed E-state index contributed by atoms with van der Waals surface area (Å²) in [5, 5.41) is 5.42. The lowest BCUT2D eigenvalue weighted by Gasteiger charge is -2.16. The number of ether oxygens (including phenoxy) is 1. The molecule has 8 nitrogen and oxygen atoms in total. The van der Waals surface area contributed by atoms with Crippen molar-refractivity contribution in [3.8, 4) is 0 Å². The van der Waals surface area contributed by atoms with E-state index in [0.717, 1.165) is 16.0 Å². The second kappa shape index (κ2) is 11.3. The van der Waals surface area contributed by atoms with Crippen molar-refractivity contribution < 1.29 is 23.9 Å². The van der Waals surface area contributed by atoms with Gasteiger partial charge in [-0.1, -0.05) is 36.7 Å². The van der Waals surface area contributed by atoms with Gasteiger partial charge in [0.15, 0.2) is 0 Å². The highest BCUT2D eigenvalue weighted by Crippen LogP contribution is 2.31. The van der Waals surface area contributed by atoms with Crippen molar-refractivity contribution in [3.05, 3.63) is 99.7 Å². The van der Waals surface area contributed by atoms with Crippen LogP contribution < -0.4 is 15.5 Å². The number of amides is 3. The molecule has 1 aliphatic rings. The van der Waals surface area contributed by atoms with E-state index >= 15 is 0 Å². The quantitative estimate of drug-likeness (QED) is 0.291. The molecule has 0 unspecified atom stereocenters. The third-order valence-corrected chi connectivity index (χ3v) is 6.31. The number of anilines is 3. The summed E-state index contributed by atoms with van der Waals surface area (Å²) in [5.41, 5.74) is 3.82. The topological polar surface area (TPSA) is 105 Å². The molecule has 0 bridgehead atoms. The van der Waals surface area contributed by atoms with Gasteiger partial charge in [0, 0.05) is 16.9 Å². The summed E-state index contributed by atoms with van der Waals surface area (Å²) in [6.07, 6.45) is 0.664. The first-order valence-corrected chi connectivity index (χ1v) is 12.4. The van der Waals surface area contributed by atoms with Crippen LogP contribution in [0.3, 0.4) is 0 Å². The van der Waals surface area contributed by atoms with Gasteiger partial charge in [-0.25, -0.2) is 9.69 Å². The van der Waals surface area contributed by atoms with E-state index in [1.54, 1.807) is 30.3 Å². The number of imide groups is 1. The van der Waals surface area contributed by atoms with Crippen LogP contribution in [0, 0.1) is 13.8 Å². The average molecular weight is 532 g/mol. The smallest absolute Gasteiger partial charge is 0.338 e. The molecule has 1 heterocycles. The Hall–Kier alpha value is -4.43. The molecule has 0 aliphatic carbocycles. The Bertz CT molecular complexity index is 1480. The number of esters is 1. The Labute approximate surface area is 225 Å². The summed E-state index contributed by atoms with van der Waals surface area (Å²) in [6, 6.07) is 18.1. The largest absolute Gasteiger partial charge is 0.462 e. The number of nitrogens with one attached hydrogen (secondary N) is 2. The third kappa shape index (κ3) is 5.60. The molecule has 3 aromatic carbocycles. The Balaban J connectivity index is 1.52. The van der Waals surface area contributed by atoms with Crippen LogP contribution >= 0.6 is 11.6 Å². The zero-order chi connectivity index (χ0) is 27.4. The fraction of sp³-hybridized carbons (Fsp3) is 0.172. The SMILES string of the molecule is CCCOC(=O)c1cccc(N2C(=O)C(Cl)=C(Nc3cccc(C(=O)Nc4ccc(C)c(C)c4)c3)C2=O)c1. The van der Waals surface area contributed by atoms with Crippen LogP contribution in [-0.4, -0.2) is 30.3 Å². The zero-order valence-corrected chi connectivity index (χ0v) is 21.9. The number of benzene rings is 3. The van der Waals surface area contributed by atoms with Crippen LogP contribution in [-0.2, 0) is 14.3 Å². The molecule has 1 aliphatic heterocycles. The average Bonchev–Trinajstić information content (AvgIpc) is 3.12. The van der Waals surface area contributed by atoms with Crippen molar-refractivity contribution in [3.63, 3.8) is 0 Å². The van der Waals surface area contributed by atoms with Gasteiger partial charge in [-0.3, -0.25) is 14.4 Å². The van der Waals surface area contributed by atoms with E-state index in [0.29, 0.717) is 23.4 Å². The highest BCUT2D eigenvalue weighted by molar-refractivity contribution is 6.53. The second-order valence-electron chi connectivity index (χ2n) is 8.78. The van der Waals surface area contributed by atoms with Crippen molar-refractivity contribution in [2.45, 2.75) is 27.2 Å². The maximum atomic E-state index is 13.2. The van der Waals surface area contributed by atoms with Crippen LogP contribution in [0.5, 0.6) is 0 Å². The molecule has 0 radical (unpaired) electrons. The van der Waals surface area contributed by atoms with Crippen molar-refractivity contribution in [1.29, 1.82) is 0 Å². The molecule has 9 heteroatoms. The van der Waals surface area contributed by atoms with Crippen LogP contribution in [0.25, 0.3) is 0 Å². The molecule has 0 aromatic heterocycles. The second-order valence-corrected chi connectivity index (χ2v) is 9.16. The lowest BCUT2D eigenvalue weighted by Crippen LogP contribution is -2.32. The molecule has 2 N–H and O–H groups in total. The lowest BCUT2D eigenvalue weighted by molar-refractivity contribution is -0.120. The van der Waals surface area contributed by atoms with Crippen molar-refractivity contribution >= 4 is 52.4 Å². The summed E-state index contributed by atoms with van der Waals surface area (Å²) >= 11 is 6.26. The summed E-state index contributed by atoms with van der Waals surface area (Å²) in [6.45, 7) is 6.09. The standard InChI is InChI=1S/C29H26ClN3O5/c1-4-13-38-29(37)20-8-6-10-23(16-20)33-27(35)24(30)25(28(33)36)31-21-9-5-7-19(15-21)26(34)32-22-12-11-17(2)18(3)14-22/h5-12,14-16,31H,4,13H2,1-3H3,(H,32,34). The van der Waals surface area contributed by atoms with E-state index < -0.39 is 17.8 Å². The van der Waals surface area contributed by atoms with Gasteiger partial charge < -0.3 is 15.4 Å². The number of carbonyl (C=O) groups is 4. The van der Waals surface area contributed by atoms with Crippen molar-refractivity contribution in [2.24, 2.45) is 0 Å². The number of carbonyl (C=O) groups excluding carboxylic acids is 4. The van der Waals surface area contributed by atoms with E-state index in [-0.39, 0.29) is 34.5 Å². The lowest BCUT2D eigenvalue weighted by atomic mass is 10.1. The maximum Gasteiger partial charge on any atom is 0.338 e. The predicted octanol–water partition coefficient (Wildman–Crippen LogP) is 5.56. The number of hydrogen-bond acceptors (Lipinski definition) is 6. The van der Waals surface area contributed by atoms with Crippen LogP contribution in [0.1, 0.15) is 45.2 Å². The van der Waals surface area contributed by atoms with Gasteiger partial charge in [-0.15, -0.1) is 0 Å². The minimum Gasteiger partial charge on any atom is -0.462 e. The minimum absolute atomic E-state index is 0.137. The number of nitrogens with zero attached hydrogens (tertiary/aromatic N) is 1. The molecule has 194 valence electrons. The van der Waals surface area contributed by atoms with E-state index in [9.17, 15) is 19.2 Å². The molecule has 3 amide bonds. The maximum absolute atomic E-state index is 13.2. The van der Waals surface area contributed by atoms with Crippen molar-refractivity contribution in [1.82, 2.24) is 0 Å². The van der Waals surface area contributed by atoms with E-state index in [2.05, 4.69) is 10.6 Å². The fourth-order valence-corrected chi connectivity index (χ4v) is 4.01. The Kier molecular flexibility index (Phi) is 7.93. The normalized spacial score (nSPS) is 13.1. The van der Waals surface area contributed by atoms with Gasteiger partial charge in [0.05, 0.1) is 17.9 Å². The molecule has 0 atom stereocenters. The molecule has 0 saturated heterocycles. The summed E-state index contributed by atoms with van der Waals surface area (Å²) in [4.78, 5) is 52.1. The Morgan fingerprint density at radius 2 is 1.61 bits per heavy atom. The highest BCUT2D eigenvalue weighted by atomic mass is 35.5. The Morgan fingerprint density at radius 1 is 0.868 bits per heavy atom. The predicted molar refractivity (Wildman–Crippen MR) is 146 cm³/mol. The van der Waals surface area contributed by atoms with Crippen LogP contribution in [0.15, 0.2) is 77.5 Å². The molecular formula is C29H26ClN3O5. The number of rotatable bonds is 8. The van der Waals surface area contributed by atoms with Crippen molar-refractivity contribution in [2.75, 3.05) is 22.1 Å². The molecule has 0 saturated carbocycles. The number of hydrogen-bond donors (Lipinski definition) is 2. The van der Waals surface area contributed by atoms with Gasteiger partial charge in [-0.05, 0) is 79.9 Å². The number of halogens is 1. The van der Waals surface area contributed by atoms with E-state index in [4.69, 9.17) is 16.3 Å². The van der Waals surface area contributed by atoms with Crippen LogP contribution in [0.2, 0.25) is 0 Å². The first kappa shape index (κ1) is 26.6. The molecule has 4 rings (SSSR count). The number of aryl methyl sites for hydroxylation is 2. The first-order chi connectivity index (χ1) is 18.2. The zero-order valence-electron chi connectivity index (χ0n) is 21.1. The van der Waals surface area contributed by atoms with Gasteiger partial charge in [0.25, 0.3) is 17.7 Å². The summed E-state index contributed by atoms with van der Waals surface area (Å²) < 4.78 is 5.14. The first-order valence-electron chi connectivity index (χ1n) is 12.0. The summed E-state index contributed by atoms with van der Waals surface area (Å²) in [7, 11) is 0. The van der Waals surface area contributed by atoms with E-state index in [1.807, 2.05) is 39.0 Å². The monoisotopic (exact) mass is 531 g/mol. The molecule has 3 aromatic rings. The summed E-state index contributed by atoms with van der Waals surface area (Å²) in [5.74, 6) is -2.31. The molecular weight excluding hydrogens is 506 g/mol.